The molecule has 194 valence electrons. The Morgan fingerprint density at radius 1 is 0.811 bits per heavy atom. The Morgan fingerprint density at radius 2 is 1.49 bits per heavy atom. The van der Waals surface area contributed by atoms with Crippen molar-refractivity contribution in [3.8, 4) is 22.6 Å². The second-order valence-corrected chi connectivity index (χ2v) is 10.0. The molecule has 37 heavy (non-hydrogen) atoms. The Labute approximate surface area is 225 Å². The molecule has 0 saturated heterocycles. The highest BCUT2D eigenvalue weighted by molar-refractivity contribution is 6.31. The van der Waals surface area contributed by atoms with Gasteiger partial charge < -0.3 is 4.57 Å². The maximum absolute atomic E-state index is 13.7. The number of nitrogens with zero attached hydrogens (tertiary/aromatic N) is 3. The molecular weight excluding hydrogens is 481 g/mol. The molecule has 0 radical (unpaired) electrons. The van der Waals surface area contributed by atoms with E-state index in [2.05, 4.69) is 71.8 Å². The average Bonchev–Trinajstić information content (AvgIpc) is 3.27. The third kappa shape index (κ3) is 7.09. The van der Waals surface area contributed by atoms with E-state index in [9.17, 15) is 4.39 Å². The monoisotopic (exact) mass is 517 g/mol. The molecule has 0 saturated carbocycles. The molecule has 3 nitrogen and oxygen atoms in total. The molecule has 5 heteroatoms. The van der Waals surface area contributed by atoms with E-state index in [0.29, 0.717) is 11.6 Å². The minimum Gasteiger partial charge on any atom is -0.326 e. The maximum Gasteiger partial charge on any atom is 0.140 e. The fourth-order valence-electron chi connectivity index (χ4n) is 4.74. The highest BCUT2D eigenvalue weighted by Gasteiger charge is 2.22. The summed E-state index contributed by atoms with van der Waals surface area (Å²) < 4.78 is 16.2. The van der Waals surface area contributed by atoms with E-state index in [1.807, 2.05) is 18.2 Å². The van der Waals surface area contributed by atoms with Gasteiger partial charge in [-0.15, -0.1) is 0 Å². The van der Waals surface area contributed by atoms with Crippen LogP contribution in [-0.2, 0) is 19.6 Å². The van der Waals surface area contributed by atoms with Crippen molar-refractivity contribution in [3.63, 3.8) is 0 Å². The van der Waals surface area contributed by atoms with Crippen molar-refractivity contribution >= 4 is 11.6 Å². The van der Waals surface area contributed by atoms with Crippen LogP contribution in [0.3, 0.4) is 0 Å². The van der Waals surface area contributed by atoms with E-state index < -0.39 is 0 Å². The summed E-state index contributed by atoms with van der Waals surface area (Å²) in [5, 5.41) is 0.478. The summed E-state index contributed by atoms with van der Waals surface area (Å²) >= 11 is 6.45. The molecule has 0 aliphatic rings. The summed E-state index contributed by atoms with van der Waals surface area (Å²) in [6.45, 7) is 7.70. The van der Waals surface area contributed by atoms with Gasteiger partial charge in [-0.2, -0.15) is 0 Å². The Morgan fingerprint density at radius 3 is 2.14 bits per heavy atom. The normalized spacial score (nSPS) is 11.4. The smallest absolute Gasteiger partial charge is 0.140 e. The molecule has 0 amide bonds. The molecule has 0 atom stereocenters. The number of aromatic nitrogens is 2. The molecule has 1 heterocycles. The molecule has 0 N–H and O–H groups in total. The summed E-state index contributed by atoms with van der Waals surface area (Å²) in [5.41, 5.74) is 5.45. The van der Waals surface area contributed by atoms with Crippen LogP contribution in [0.25, 0.3) is 22.6 Å². The van der Waals surface area contributed by atoms with Gasteiger partial charge in [0.15, 0.2) is 0 Å². The van der Waals surface area contributed by atoms with E-state index in [4.69, 9.17) is 16.6 Å². The first-order chi connectivity index (χ1) is 18.1. The fourth-order valence-corrected chi connectivity index (χ4v) is 4.97. The lowest BCUT2D eigenvalue weighted by Crippen LogP contribution is -2.26. The summed E-state index contributed by atoms with van der Waals surface area (Å²) in [4.78, 5) is 7.69. The van der Waals surface area contributed by atoms with Crippen LogP contribution in [0.2, 0.25) is 5.02 Å². The Kier molecular flexibility index (Phi) is 9.92. The van der Waals surface area contributed by atoms with Gasteiger partial charge in [-0.25, -0.2) is 9.37 Å². The first kappa shape index (κ1) is 27.1. The van der Waals surface area contributed by atoms with Crippen LogP contribution < -0.4 is 0 Å². The van der Waals surface area contributed by atoms with E-state index in [0.717, 1.165) is 67.1 Å². The van der Waals surface area contributed by atoms with Gasteiger partial charge in [0, 0.05) is 35.8 Å². The van der Waals surface area contributed by atoms with Gasteiger partial charge in [0.05, 0.1) is 11.4 Å². The van der Waals surface area contributed by atoms with Crippen molar-refractivity contribution in [2.45, 2.75) is 65.6 Å². The third-order valence-corrected chi connectivity index (χ3v) is 7.10. The fraction of sp³-hybridized carbons (Fsp3) is 0.344. The van der Waals surface area contributed by atoms with E-state index in [-0.39, 0.29) is 5.82 Å². The molecule has 0 unspecified atom stereocenters. The topological polar surface area (TPSA) is 21.1 Å². The summed E-state index contributed by atoms with van der Waals surface area (Å²) in [7, 11) is 0. The van der Waals surface area contributed by atoms with Crippen LogP contribution in [-0.4, -0.2) is 21.0 Å². The molecule has 0 fully saturated rings. The molecule has 1 aromatic heterocycles. The first-order valence-electron chi connectivity index (χ1n) is 13.5. The number of hydrogen-bond donors (Lipinski definition) is 0. The lowest BCUT2D eigenvalue weighted by Gasteiger charge is -2.25. The highest BCUT2D eigenvalue weighted by Crippen LogP contribution is 2.32. The highest BCUT2D eigenvalue weighted by atomic mass is 35.5. The lowest BCUT2D eigenvalue weighted by molar-refractivity contribution is 0.246. The third-order valence-electron chi connectivity index (χ3n) is 6.75. The van der Waals surface area contributed by atoms with Crippen molar-refractivity contribution in [1.82, 2.24) is 14.5 Å². The quantitative estimate of drug-likeness (QED) is 0.165. The largest absolute Gasteiger partial charge is 0.326 e. The minimum atomic E-state index is -0.304. The van der Waals surface area contributed by atoms with Crippen molar-refractivity contribution in [1.29, 1.82) is 0 Å². The van der Waals surface area contributed by atoms with Crippen LogP contribution in [0.1, 0.15) is 57.2 Å². The number of halogens is 2. The van der Waals surface area contributed by atoms with Gasteiger partial charge >= 0.3 is 0 Å². The molecule has 0 aliphatic heterocycles. The zero-order valence-corrected chi connectivity index (χ0v) is 22.7. The molecule has 4 aromatic rings. The van der Waals surface area contributed by atoms with Gasteiger partial charge in [-0.1, -0.05) is 111 Å². The predicted octanol–water partition coefficient (Wildman–Crippen LogP) is 9.00. The minimum absolute atomic E-state index is 0.304. The molecule has 0 spiro atoms. The zero-order valence-electron chi connectivity index (χ0n) is 22.0. The zero-order chi connectivity index (χ0) is 26.0. The summed E-state index contributed by atoms with van der Waals surface area (Å²) in [6, 6.07) is 25.7. The van der Waals surface area contributed by atoms with Gasteiger partial charge in [0.25, 0.3) is 0 Å². The molecule has 3 aromatic carbocycles. The van der Waals surface area contributed by atoms with E-state index in [1.165, 1.54) is 30.7 Å². The van der Waals surface area contributed by atoms with Crippen molar-refractivity contribution in [2.75, 3.05) is 6.54 Å². The predicted molar refractivity (Wildman–Crippen MR) is 153 cm³/mol. The SMILES string of the molecule is CCCCCn1c(-c2ccccc2)nc(-c2ccccc2)c1CN(CCCC)Cc1ccc(F)cc1Cl. The summed E-state index contributed by atoms with van der Waals surface area (Å²) in [6.07, 6.45) is 5.63. The van der Waals surface area contributed by atoms with Crippen molar-refractivity contribution in [3.05, 3.63) is 101 Å². The standard InChI is InChI=1S/C32H37ClFN3/c1-3-5-13-21-37-30(24-36(20-6-4-2)23-27-18-19-28(34)22-29(27)33)31(25-14-9-7-10-15-25)35-32(37)26-16-11-8-12-17-26/h7-12,14-19,22H,3-6,13,20-21,23-24H2,1-2H3. The number of unbranched alkanes of at least 4 members (excludes halogenated alkanes) is 3. The van der Waals surface area contributed by atoms with Crippen LogP contribution in [0.15, 0.2) is 78.9 Å². The second kappa shape index (κ2) is 13.6. The van der Waals surface area contributed by atoms with Crippen LogP contribution in [0.4, 0.5) is 4.39 Å². The lowest BCUT2D eigenvalue weighted by atomic mass is 10.1. The number of rotatable bonds is 13. The number of imidazole rings is 1. The van der Waals surface area contributed by atoms with Crippen molar-refractivity contribution in [2.24, 2.45) is 0 Å². The summed E-state index contributed by atoms with van der Waals surface area (Å²) in [5.74, 6) is 0.711. The van der Waals surface area contributed by atoms with Gasteiger partial charge in [0.1, 0.15) is 11.6 Å². The average molecular weight is 518 g/mol. The van der Waals surface area contributed by atoms with Gasteiger partial charge in [0.2, 0.25) is 0 Å². The van der Waals surface area contributed by atoms with E-state index >= 15 is 0 Å². The maximum atomic E-state index is 13.7. The molecule has 0 aliphatic carbocycles. The van der Waals surface area contributed by atoms with Crippen molar-refractivity contribution < 1.29 is 4.39 Å². The molecule has 4 rings (SSSR count). The van der Waals surface area contributed by atoms with Crippen LogP contribution in [0.5, 0.6) is 0 Å². The number of benzene rings is 3. The Bertz CT molecular complexity index is 1250. The van der Waals surface area contributed by atoms with E-state index in [1.54, 1.807) is 0 Å². The molecule has 0 bridgehead atoms. The van der Waals surface area contributed by atoms with Gasteiger partial charge in [-0.05, 0) is 37.1 Å². The first-order valence-corrected chi connectivity index (χ1v) is 13.8. The Hall–Kier alpha value is -2.95. The van der Waals surface area contributed by atoms with Crippen LogP contribution in [0, 0.1) is 5.82 Å². The van der Waals surface area contributed by atoms with Gasteiger partial charge in [-0.3, -0.25) is 4.90 Å². The second-order valence-electron chi connectivity index (χ2n) is 9.62. The van der Waals surface area contributed by atoms with Crippen LogP contribution >= 0.6 is 11.6 Å². The molecular formula is C32H37ClFN3. The number of hydrogen-bond acceptors (Lipinski definition) is 2. The Balaban J connectivity index is 1.79.